The van der Waals surface area contributed by atoms with Crippen molar-refractivity contribution < 1.29 is 100 Å². The van der Waals surface area contributed by atoms with E-state index in [0.717, 1.165) is 41.1 Å². The van der Waals surface area contributed by atoms with E-state index < -0.39 is 62.3 Å². The summed E-state index contributed by atoms with van der Waals surface area (Å²) in [5.41, 5.74) is -1.64. The number of aldehydes is 1. The van der Waals surface area contributed by atoms with Crippen molar-refractivity contribution in [2.75, 3.05) is 52.4 Å². The molecular weight excluding hydrogens is 1290 g/mol. The van der Waals surface area contributed by atoms with Gasteiger partial charge in [0.2, 0.25) is 0 Å². The number of amides is 2. The number of rotatable bonds is 7. The van der Waals surface area contributed by atoms with E-state index in [1.54, 1.807) is 53.4 Å². The predicted octanol–water partition coefficient (Wildman–Crippen LogP) is 16.1. The van der Waals surface area contributed by atoms with E-state index in [1.165, 1.54) is 12.1 Å². The molecule has 4 aromatic rings. The molecule has 2 amide bonds. The summed E-state index contributed by atoms with van der Waals surface area (Å²) in [5, 5.41) is 11.8. The number of carbonyl (C=O) groups excluding carboxylic acids is 4. The molecule has 2 saturated heterocycles. The molecule has 2 heterocycles. The highest BCUT2D eigenvalue weighted by Gasteiger charge is 2.61. The smallest absolute Gasteiger partial charge is 0.434 e. The zero-order valence-corrected chi connectivity index (χ0v) is 49.4. The molecule has 82 heavy (non-hydrogen) atoms. The molecule has 4 aromatic carbocycles. The van der Waals surface area contributed by atoms with E-state index in [-0.39, 0.29) is 50.9 Å². The van der Waals surface area contributed by atoms with Gasteiger partial charge in [0.05, 0.1) is 5.56 Å². The molecule has 0 radical (unpaired) electrons. The maximum atomic E-state index is 12.6. The molecule has 0 aliphatic carbocycles. The Labute approximate surface area is 489 Å². The zero-order chi connectivity index (χ0) is 62.2. The van der Waals surface area contributed by atoms with Crippen LogP contribution in [0.4, 0.5) is 71.5 Å². The number of phenolic OH excluding ortho intramolecular Hbond substituents is 1. The number of piperazine rings is 2. The van der Waals surface area contributed by atoms with E-state index >= 15 is 0 Å². The molecule has 0 unspecified atom stereocenters. The minimum Gasteiger partial charge on any atom is -0.508 e. The number of alkyl halides is 12. The first kappa shape index (κ1) is 76.6. The van der Waals surface area contributed by atoms with E-state index in [0.29, 0.717) is 34.6 Å². The third-order valence-electron chi connectivity index (χ3n) is 9.26. The van der Waals surface area contributed by atoms with Gasteiger partial charge < -0.3 is 39.2 Å². The van der Waals surface area contributed by atoms with Crippen LogP contribution in [0.5, 0.6) is 17.2 Å². The van der Waals surface area contributed by atoms with Crippen molar-refractivity contribution in [2.45, 2.75) is 103 Å². The number of carbonyl (C=O) groups is 4. The molecule has 13 nitrogen and oxygen atoms in total. The maximum Gasteiger partial charge on any atom is 0.434 e. The van der Waals surface area contributed by atoms with Crippen molar-refractivity contribution in [1.82, 2.24) is 20.0 Å². The van der Waals surface area contributed by atoms with E-state index in [2.05, 4.69) is 84.4 Å². The molecular formula is C52H64Br2ClF13N4O9Si. The van der Waals surface area contributed by atoms with Gasteiger partial charge in [0.1, 0.15) is 28.7 Å². The maximum absolute atomic E-state index is 12.6. The summed E-state index contributed by atoms with van der Waals surface area (Å²) in [5.74, 6) is 1.05. The van der Waals surface area contributed by atoms with E-state index in [9.17, 15) is 76.3 Å². The Morgan fingerprint density at radius 3 is 1.48 bits per heavy atom. The lowest BCUT2D eigenvalue weighted by Crippen LogP contribution is -2.52. The van der Waals surface area contributed by atoms with Crippen LogP contribution in [0.3, 0.4) is 0 Å². The van der Waals surface area contributed by atoms with Gasteiger partial charge in [0, 0.05) is 93.1 Å². The molecule has 2 N–H and O–H groups in total. The molecule has 0 aromatic heterocycles. The fraction of sp³-hybridized carbons (Fsp3) is 0.462. The van der Waals surface area contributed by atoms with Crippen molar-refractivity contribution in [2.24, 2.45) is 0 Å². The van der Waals surface area contributed by atoms with Crippen molar-refractivity contribution in [1.29, 1.82) is 0 Å². The van der Waals surface area contributed by atoms with Gasteiger partial charge in [-0.05, 0) is 75.4 Å². The van der Waals surface area contributed by atoms with Crippen molar-refractivity contribution in [3.05, 3.63) is 123 Å². The Morgan fingerprint density at radius 2 is 1.09 bits per heavy atom. The fourth-order valence-corrected chi connectivity index (χ4v) is 6.57. The minimum absolute atomic E-state index is 0. The quantitative estimate of drug-likeness (QED) is 0.0599. The number of phenols is 1. The van der Waals surface area contributed by atoms with Gasteiger partial charge >= 0.3 is 42.3 Å². The monoisotopic (exact) mass is 1360 g/mol. The summed E-state index contributed by atoms with van der Waals surface area (Å²) in [6.07, 6.45) is -32.6. The minimum atomic E-state index is -5.74. The molecule has 2 fully saturated rings. The molecule has 30 heteroatoms. The van der Waals surface area contributed by atoms with Crippen LogP contribution in [0.2, 0.25) is 26.2 Å². The third kappa shape index (κ3) is 33.7. The zero-order valence-electron chi connectivity index (χ0n) is 44.4. The first-order valence-electron chi connectivity index (χ1n) is 23.8. The Balaban J connectivity index is 0.00000110. The summed E-state index contributed by atoms with van der Waals surface area (Å²) in [6.45, 7) is 18.9. The van der Waals surface area contributed by atoms with Crippen molar-refractivity contribution in [3.8, 4) is 17.2 Å². The molecule has 462 valence electrons. The summed E-state index contributed by atoms with van der Waals surface area (Å²) in [7, 11) is -0.611. The van der Waals surface area contributed by atoms with Gasteiger partial charge in [0.15, 0.2) is 6.29 Å². The number of halogens is 16. The predicted molar refractivity (Wildman–Crippen MR) is 292 cm³/mol. The van der Waals surface area contributed by atoms with Crippen LogP contribution < -0.4 is 10.1 Å². The average molecular weight is 1360 g/mol. The highest BCUT2D eigenvalue weighted by Crippen LogP contribution is 2.37. The van der Waals surface area contributed by atoms with Crippen molar-refractivity contribution >= 4 is 75.4 Å². The summed E-state index contributed by atoms with van der Waals surface area (Å²) in [6, 6.07) is 27.6. The van der Waals surface area contributed by atoms with Gasteiger partial charge in [-0.15, -0.1) is 0 Å². The van der Waals surface area contributed by atoms with Gasteiger partial charge in [-0.1, -0.05) is 108 Å². The van der Waals surface area contributed by atoms with E-state index in [1.807, 2.05) is 62.1 Å². The van der Waals surface area contributed by atoms with Gasteiger partial charge in [0.25, 0.3) is 12.2 Å². The summed E-state index contributed by atoms with van der Waals surface area (Å²) < 4.78 is 177. The molecule has 2 aliphatic rings. The Hall–Kier alpha value is -5.36. The number of para-hydroxylation sites is 2. The van der Waals surface area contributed by atoms with Crippen LogP contribution in [-0.2, 0) is 20.8 Å². The first-order valence-corrected chi connectivity index (χ1v) is 29.7. The van der Waals surface area contributed by atoms with Crippen LogP contribution in [0.15, 0.2) is 106 Å². The van der Waals surface area contributed by atoms with E-state index in [4.69, 9.17) is 14.6 Å². The van der Waals surface area contributed by atoms with Crippen LogP contribution in [0.1, 0.15) is 44.1 Å². The number of hydrogen-bond acceptors (Lipinski definition) is 11. The van der Waals surface area contributed by atoms with Gasteiger partial charge in [-0.25, -0.2) is 18.8 Å². The highest BCUT2D eigenvalue weighted by molar-refractivity contribution is 9.10. The normalized spacial score (nSPS) is 13.9. The molecule has 0 bridgehead atoms. The Morgan fingerprint density at radius 1 is 0.659 bits per heavy atom. The second-order valence-corrected chi connectivity index (χ2v) is 27.6. The van der Waals surface area contributed by atoms with Gasteiger partial charge in [-0.2, -0.15) is 52.7 Å². The van der Waals surface area contributed by atoms with Crippen LogP contribution in [-0.4, -0.2) is 147 Å². The molecule has 0 saturated carbocycles. The first-order chi connectivity index (χ1) is 37.1. The number of nitrogens with one attached hydrogen (secondary N) is 1. The number of hydrogen-bond donors (Lipinski definition) is 2. The topological polar surface area (TPSA) is 147 Å². The fourth-order valence-electron chi connectivity index (χ4n) is 5.80. The van der Waals surface area contributed by atoms with Crippen LogP contribution >= 0.6 is 43.5 Å². The lowest BCUT2D eigenvalue weighted by atomic mass is 10.1. The number of benzene rings is 4. The second kappa shape index (κ2) is 35.1. The Bertz CT molecular complexity index is 2500. The van der Waals surface area contributed by atoms with Gasteiger partial charge in [-0.3, -0.25) is 9.69 Å². The third-order valence-corrected chi connectivity index (χ3v) is 10.3. The summed E-state index contributed by atoms with van der Waals surface area (Å²) >= 11 is 10.7. The SMILES string of the molecule is C.CC(C)(C)OC(=O)N1CCNCC1.C[Si](C)(C)C.O=C(Cl)OC(C(F)(F)F)C(F)(F)F.O=C(OC(C(F)(F)F)C(F)(F)F)N1CCN(Cc2ccc(Br)cc2Oc2ccccc2)CC1.O=Cc1ccc(Br)cc1F.Oc1ccccc1. The molecule has 2 aliphatic heterocycles. The molecule has 6 rings (SSSR count). The summed E-state index contributed by atoms with van der Waals surface area (Å²) in [4.78, 5) is 47.7. The highest BCUT2D eigenvalue weighted by atomic mass is 79.9. The van der Waals surface area contributed by atoms with Crippen LogP contribution in [0, 0.1) is 5.82 Å². The molecule has 0 spiro atoms. The number of aromatic hydroxyl groups is 1. The molecule has 0 atom stereocenters. The second-order valence-electron chi connectivity index (χ2n) is 19.4. The Kier molecular flexibility index (Phi) is 32.8. The number of nitrogens with zero attached hydrogens (tertiary/aromatic N) is 3. The van der Waals surface area contributed by atoms with Crippen LogP contribution in [0.25, 0.3) is 0 Å². The van der Waals surface area contributed by atoms with Crippen molar-refractivity contribution in [3.63, 3.8) is 0 Å². The number of ether oxygens (including phenoxy) is 4. The largest absolute Gasteiger partial charge is 0.508 e. The lowest BCUT2D eigenvalue weighted by Gasteiger charge is -2.35. The average Bonchev–Trinajstić information content (AvgIpc) is 3.33. The lowest BCUT2D eigenvalue weighted by molar-refractivity contribution is -0.308. The standard InChI is InChI=1S/C21H19BrF6N2O3.C9H18N2O2.C7H4BrFO.C6H6O.C4HClF6O2.C4H12Si.CH4/c22-15-7-6-14(17(12-15)32-16-4-2-1-3-5-16)13-29-8-10-30(11-9-29)19(31)33-18(20(23,24)25)21(26,27)28;1-9(2,3)13-8(12)11-6-4-10-5-7-11;8-6-2-1-5(4-10)7(9)3-6;7-6-4-2-1-3-5-6;5-2(12)13-1(3(6,7)8)4(9,10)11;1-5(2,3)4;/h1-7,12,18H,8-11,13H2;10H,4-7H2,1-3H3;1-4H;1-5,7H;1H;1-4H3;1H4.